The van der Waals surface area contributed by atoms with Crippen LogP contribution in [0.1, 0.15) is 32.3 Å². The Morgan fingerprint density at radius 3 is 2.48 bits per heavy atom. The van der Waals surface area contributed by atoms with E-state index in [-0.39, 0.29) is 37.4 Å². The van der Waals surface area contributed by atoms with Gasteiger partial charge < -0.3 is 15.4 Å². The molecule has 0 heterocycles. The zero-order valence-electron chi connectivity index (χ0n) is 13.6. The van der Waals surface area contributed by atoms with Crippen LogP contribution in [0.15, 0.2) is 30.3 Å². The van der Waals surface area contributed by atoms with Gasteiger partial charge in [0.15, 0.2) is 6.61 Å². The average Bonchev–Trinajstić information content (AvgIpc) is 2.52. The lowest BCUT2D eigenvalue weighted by Gasteiger charge is -2.12. The van der Waals surface area contributed by atoms with E-state index in [2.05, 4.69) is 10.6 Å². The molecule has 0 saturated carbocycles. The first kappa shape index (κ1) is 18.7. The van der Waals surface area contributed by atoms with Gasteiger partial charge >= 0.3 is 5.97 Å². The Morgan fingerprint density at radius 2 is 1.83 bits per heavy atom. The van der Waals surface area contributed by atoms with E-state index in [1.165, 1.54) is 0 Å². The molecule has 0 aliphatic heterocycles. The maximum absolute atomic E-state index is 11.7. The van der Waals surface area contributed by atoms with Crippen molar-refractivity contribution in [3.05, 3.63) is 35.9 Å². The molecule has 0 aliphatic carbocycles. The van der Waals surface area contributed by atoms with Crippen LogP contribution in [0.4, 0.5) is 0 Å². The number of esters is 1. The van der Waals surface area contributed by atoms with Crippen molar-refractivity contribution in [2.24, 2.45) is 0 Å². The molecule has 0 saturated heterocycles. The highest BCUT2D eigenvalue weighted by atomic mass is 16.5. The monoisotopic (exact) mass is 320 g/mol. The lowest BCUT2D eigenvalue weighted by Crippen LogP contribution is -2.37. The second-order valence-electron chi connectivity index (χ2n) is 5.36. The van der Waals surface area contributed by atoms with Crippen molar-refractivity contribution in [1.29, 1.82) is 0 Å². The van der Waals surface area contributed by atoms with E-state index in [4.69, 9.17) is 4.74 Å². The minimum Gasteiger partial charge on any atom is -0.454 e. The Morgan fingerprint density at radius 1 is 1.13 bits per heavy atom. The van der Waals surface area contributed by atoms with Gasteiger partial charge in [-0.2, -0.15) is 0 Å². The Bertz CT molecular complexity index is 517. The van der Waals surface area contributed by atoms with Crippen LogP contribution in [-0.2, 0) is 25.5 Å². The van der Waals surface area contributed by atoms with Gasteiger partial charge in [0.25, 0.3) is 5.91 Å². The third-order valence-corrected chi connectivity index (χ3v) is 3.13. The normalized spacial score (nSPS) is 11.4. The summed E-state index contributed by atoms with van der Waals surface area (Å²) in [5.74, 6) is -1.24. The van der Waals surface area contributed by atoms with Gasteiger partial charge in [0.1, 0.15) is 6.54 Å². The van der Waals surface area contributed by atoms with E-state index >= 15 is 0 Å². The van der Waals surface area contributed by atoms with Gasteiger partial charge in [0.2, 0.25) is 5.91 Å². The maximum atomic E-state index is 11.7. The minimum absolute atomic E-state index is 0.0526. The molecule has 6 nitrogen and oxygen atoms in total. The highest BCUT2D eigenvalue weighted by molar-refractivity contribution is 5.85. The summed E-state index contributed by atoms with van der Waals surface area (Å²) >= 11 is 0. The molecule has 2 N–H and O–H groups in total. The van der Waals surface area contributed by atoms with Crippen molar-refractivity contribution in [3.8, 4) is 0 Å². The van der Waals surface area contributed by atoms with Crippen LogP contribution in [0.2, 0.25) is 0 Å². The summed E-state index contributed by atoms with van der Waals surface area (Å²) in [6.45, 7) is 3.35. The van der Waals surface area contributed by atoms with Crippen LogP contribution in [0.25, 0.3) is 0 Å². The number of carbonyl (C=O) groups is 3. The Balaban J connectivity index is 2.19. The molecule has 0 aliphatic rings. The molecule has 0 radical (unpaired) electrons. The number of carbonyl (C=O) groups excluding carboxylic acids is 3. The van der Waals surface area contributed by atoms with Gasteiger partial charge in [-0.25, -0.2) is 0 Å². The molecule has 1 unspecified atom stereocenters. The zero-order valence-corrected chi connectivity index (χ0v) is 13.6. The standard InChI is InChI=1S/C17H24N2O4/c1-3-7-13(2)19-16(21)12-23-17(22)11-18-15(20)10-14-8-5-4-6-9-14/h4-6,8-9,13H,3,7,10-12H2,1-2H3,(H,18,20)(H,19,21). The summed E-state index contributed by atoms with van der Waals surface area (Å²) in [5.41, 5.74) is 0.864. The van der Waals surface area contributed by atoms with Gasteiger partial charge in [-0.05, 0) is 18.9 Å². The van der Waals surface area contributed by atoms with Crippen LogP contribution >= 0.6 is 0 Å². The fraction of sp³-hybridized carbons (Fsp3) is 0.471. The molecular weight excluding hydrogens is 296 g/mol. The van der Waals surface area contributed by atoms with E-state index < -0.39 is 5.97 Å². The van der Waals surface area contributed by atoms with Crippen molar-refractivity contribution in [2.45, 2.75) is 39.2 Å². The van der Waals surface area contributed by atoms with Crippen LogP contribution in [0.3, 0.4) is 0 Å². The van der Waals surface area contributed by atoms with Gasteiger partial charge in [-0.1, -0.05) is 43.7 Å². The van der Waals surface area contributed by atoms with Crippen LogP contribution < -0.4 is 10.6 Å². The molecular formula is C17H24N2O4. The van der Waals surface area contributed by atoms with Crippen molar-refractivity contribution in [2.75, 3.05) is 13.2 Å². The lowest BCUT2D eigenvalue weighted by atomic mass is 10.1. The first-order valence-corrected chi connectivity index (χ1v) is 7.77. The quantitative estimate of drug-likeness (QED) is 0.670. The first-order chi connectivity index (χ1) is 11.0. The highest BCUT2D eigenvalue weighted by Crippen LogP contribution is 1.99. The summed E-state index contributed by atoms with van der Waals surface area (Å²) in [4.78, 5) is 34.7. The fourth-order valence-corrected chi connectivity index (χ4v) is 2.03. The fourth-order valence-electron chi connectivity index (χ4n) is 2.03. The number of nitrogens with one attached hydrogen (secondary N) is 2. The van der Waals surface area contributed by atoms with E-state index in [0.717, 1.165) is 18.4 Å². The molecule has 1 aromatic carbocycles. The Kier molecular flexibility index (Phi) is 8.42. The third-order valence-electron chi connectivity index (χ3n) is 3.13. The second kappa shape index (κ2) is 10.4. The number of rotatable bonds is 9. The van der Waals surface area contributed by atoms with Crippen molar-refractivity contribution >= 4 is 17.8 Å². The van der Waals surface area contributed by atoms with E-state index in [0.29, 0.717) is 0 Å². The Hall–Kier alpha value is -2.37. The minimum atomic E-state index is -0.635. The van der Waals surface area contributed by atoms with Crippen LogP contribution in [0, 0.1) is 0 Å². The predicted molar refractivity (Wildman–Crippen MR) is 86.6 cm³/mol. The van der Waals surface area contributed by atoms with E-state index in [1.807, 2.05) is 44.2 Å². The topological polar surface area (TPSA) is 84.5 Å². The molecule has 0 aromatic heterocycles. The zero-order chi connectivity index (χ0) is 17.1. The average molecular weight is 320 g/mol. The second-order valence-corrected chi connectivity index (χ2v) is 5.36. The smallest absolute Gasteiger partial charge is 0.325 e. The van der Waals surface area contributed by atoms with Crippen molar-refractivity contribution < 1.29 is 19.1 Å². The van der Waals surface area contributed by atoms with E-state index in [1.54, 1.807) is 0 Å². The molecule has 126 valence electrons. The summed E-state index contributed by atoms with van der Waals surface area (Å²) in [6, 6.07) is 9.27. The molecule has 23 heavy (non-hydrogen) atoms. The van der Waals surface area contributed by atoms with Crippen LogP contribution in [-0.4, -0.2) is 37.0 Å². The van der Waals surface area contributed by atoms with E-state index in [9.17, 15) is 14.4 Å². The summed E-state index contributed by atoms with van der Waals surface area (Å²) in [5, 5.41) is 5.20. The molecule has 6 heteroatoms. The molecule has 0 fully saturated rings. The van der Waals surface area contributed by atoms with Crippen LogP contribution in [0.5, 0.6) is 0 Å². The maximum Gasteiger partial charge on any atom is 0.325 e. The molecule has 0 spiro atoms. The third kappa shape index (κ3) is 8.60. The van der Waals surface area contributed by atoms with Crippen molar-refractivity contribution in [1.82, 2.24) is 10.6 Å². The van der Waals surface area contributed by atoms with Gasteiger partial charge in [0, 0.05) is 6.04 Å². The van der Waals surface area contributed by atoms with Crippen molar-refractivity contribution in [3.63, 3.8) is 0 Å². The molecule has 2 amide bonds. The number of benzene rings is 1. The molecule has 1 rings (SSSR count). The molecule has 0 bridgehead atoms. The number of hydrogen-bond donors (Lipinski definition) is 2. The van der Waals surface area contributed by atoms with Gasteiger partial charge in [0.05, 0.1) is 6.42 Å². The molecule has 1 aromatic rings. The van der Waals surface area contributed by atoms with Gasteiger partial charge in [-0.3, -0.25) is 14.4 Å². The predicted octanol–water partition coefficient (Wildman–Crippen LogP) is 1.19. The summed E-state index contributed by atoms with van der Waals surface area (Å²) < 4.78 is 4.82. The lowest BCUT2D eigenvalue weighted by molar-refractivity contribution is -0.148. The number of ether oxygens (including phenoxy) is 1. The Labute approximate surface area is 136 Å². The summed E-state index contributed by atoms with van der Waals surface area (Å²) in [6.07, 6.45) is 2.03. The van der Waals surface area contributed by atoms with Gasteiger partial charge in [-0.15, -0.1) is 0 Å². The highest BCUT2D eigenvalue weighted by Gasteiger charge is 2.11. The largest absolute Gasteiger partial charge is 0.454 e. The first-order valence-electron chi connectivity index (χ1n) is 7.77. The summed E-state index contributed by atoms with van der Waals surface area (Å²) in [7, 11) is 0. The SMILES string of the molecule is CCCC(C)NC(=O)COC(=O)CNC(=O)Cc1ccccc1. The molecule has 1 atom stereocenters. The number of hydrogen-bond acceptors (Lipinski definition) is 4. The number of amides is 2.